The quantitative estimate of drug-likeness (QED) is 0.676. The van der Waals surface area contributed by atoms with Gasteiger partial charge in [0.2, 0.25) is 0 Å². The second-order valence-corrected chi connectivity index (χ2v) is 3.47. The number of aromatic nitrogens is 4. The standard InChI is InChI=1S/C9H12N6O/c1-5-7(10)8(14-13-5)12-9(16)6-3-11-15(2)4-6/h3-4H,10H2,1-2H3,(H2,12,13,14,16). The van der Waals surface area contributed by atoms with E-state index in [1.807, 2.05) is 0 Å². The van der Waals surface area contributed by atoms with Gasteiger partial charge in [-0.15, -0.1) is 0 Å². The number of carbonyl (C=O) groups excluding carboxylic acids is 1. The molecule has 0 saturated heterocycles. The number of H-pyrrole nitrogens is 1. The van der Waals surface area contributed by atoms with Crippen LogP contribution in [0.5, 0.6) is 0 Å². The Balaban J connectivity index is 2.17. The molecule has 0 aliphatic heterocycles. The number of nitrogens with one attached hydrogen (secondary N) is 2. The van der Waals surface area contributed by atoms with E-state index in [1.54, 1.807) is 24.9 Å². The van der Waals surface area contributed by atoms with Crippen molar-refractivity contribution in [2.24, 2.45) is 7.05 Å². The van der Waals surface area contributed by atoms with E-state index in [2.05, 4.69) is 20.6 Å². The zero-order chi connectivity index (χ0) is 11.7. The second-order valence-electron chi connectivity index (χ2n) is 3.47. The lowest BCUT2D eigenvalue weighted by Gasteiger charge is -1.99. The third kappa shape index (κ3) is 1.74. The summed E-state index contributed by atoms with van der Waals surface area (Å²) in [4.78, 5) is 11.7. The average Bonchev–Trinajstić information content (AvgIpc) is 2.79. The number of aryl methyl sites for hydroxylation is 2. The molecular formula is C9H12N6O. The molecule has 2 rings (SSSR count). The lowest BCUT2D eigenvalue weighted by Crippen LogP contribution is -2.12. The molecule has 2 heterocycles. The maximum absolute atomic E-state index is 11.7. The fraction of sp³-hybridized carbons (Fsp3) is 0.222. The fourth-order valence-electron chi connectivity index (χ4n) is 1.25. The van der Waals surface area contributed by atoms with Gasteiger partial charge in [0.25, 0.3) is 5.91 Å². The Kier molecular flexibility index (Phi) is 2.35. The van der Waals surface area contributed by atoms with Crippen molar-refractivity contribution in [3.63, 3.8) is 0 Å². The van der Waals surface area contributed by atoms with Crippen LogP contribution in [0.3, 0.4) is 0 Å². The zero-order valence-corrected chi connectivity index (χ0v) is 8.98. The molecule has 0 aliphatic carbocycles. The first-order chi connectivity index (χ1) is 7.58. The van der Waals surface area contributed by atoms with Crippen LogP contribution >= 0.6 is 0 Å². The van der Waals surface area contributed by atoms with E-state index in [0.717, 1.165) is 5.69 Å². The van der Waals surface area contributed by atoms with Crippen molar-refractivity contribution in [3.8, 4) is 0 Å². The molecule has 0 radical (unpaired) electrons. The summed E-state index contributed by atoms with van der Waals surface area (Å²) in [7, 11) is 1.74. The summed E-state index contributed by atoms with van der Waals surface area (Å²) in [6.07, 6.45) is 3.09. The normalized spacial score (nSPS) is 10.4. The summed E-state index contributed by atoms with van der Waals surface area (Å²) in [5, 5.41) is 13.1. The second kappa shape index (κ2) is 3.69. The lowest BCUT2D eigenvalue weighted by atomic mass is 10.3. The van der Waals surface area contributed by atoms with Crippen LogP contribution in [0, 0.1) is 6.92 Å². The first kappa shape index (κ1) is 10.2. The molecule has 7 heteroatoms. The van der Waals surface area contributed by atoms with Crippen molar-refractivity contribution >= 4 is 17.4 Å². The number of nitrogens with zero attached hydrogens (tertiary/aromatic N) is 3. The average molecular weight is 220 g/mol. The predicted molar refractivity (Wildman–Crippen MR) is 58.9 cm³/mol. The summed E-state index contributed by atoms with van der Waals surface area (Å²) in [5.74, 6) is 0.0534. The molecule has 0 saturated carbocycles. The summed E-state index contributed by atoms with van der Waals surface area (Å²) in [6.45, 7) is 1.78. The third-order valence-corrected chi connectivity index (χ3v) is 2.19. The number of hydrogen-bond acceptors (Lipinski definition) is 4. The van der Waals surface area contributed by atoms with E-state index in [1.165, 1.54) is 6.20 Å². The van der Waals surface area contributed by atoms with Gasteiger partial charge >= 0.3 is 0 Å². The minimum atomic E-state index is -0.286. The van der Waals surface area contributed by atoms with Crippen molar-refractivity contribution in [2.45, 2.75) is 6.92 Å². The monoisotopic (exact) mass is 220 g/mol. The Hall–Kier alpha value is -2.31. The van der Waals surface area contributed by atoms with E-state index >= 15 is 0 Å². The topological polar surface area (TPSA) is 102 Å². The highest BCUT2D eigenvalue weighted by Crippen LogP contribution is 2.18. The van der Waals surface area contributed by atoms with Gasteiger partial charge in [0.05, 0.1) is 23.1 Å². The predicted octanol–water partition coefficient (Wildman–Crippen LogP) is 0.286. The molecule has 0 spiro atoms. The van der Waals surface area contributed by atoms with Gasteiger partial charge in [-0.2, -0.15) is 10.2 Å². The molecule has 2 aromatic heterocycles. The number of rotatable bonds is 2. The highest BCUT2D eigenvalue weighted by atomic mass is 16.1. The van der Waals surface area contributed by atoms with E-state index in [4.69, 9.17) is 5.73 Å². The minimum absolute atomic E-state index is 0.286. The van der Waals surface area contributed by atoms with Gasteiger partial charge in [0, 0.05) is 13.2 Å². The zero-order valence-electron chi connectivity index (χ0n) is 8.98. The molecule has 0 unspecified atom stereocenters. The molecule has 7 nitrogen and oxygen atoms in total. The van der Waals surface area contributed by atoms with Crippen molar-refractivity contribution in [1.82, 2.24) is 20.0 Å². The van der Waals surface area contributed by atoms with Crippen LogP contribution in [-0.4, -0.2) is 25.9 Å². The molecule has 4 N–H and O–H groups in total. The molecule has 0 aliphatic rings. The van der Waals surface area contributed by atoms with Gasteiger partial charge in [-0.3, -0.25) is 14.6 Å². The molecule has 0 bridgehead atoms. The molecule has 0 fully saturated rings. The van der Waals surface area contributed by atoms with Crippen LogP contribution in [0.25, 0.3) is 0 Å². The van der Waals surface area contributed by atoms with Crippen molar-refractivity contribution in [2.75, 3.05) is 11.1 Å². The number of amides is 1. The smallest absolute Gasteiger partial charge is 0.260 e. The van der Waals surface area contributed by atoms with Crippen molar-refractivity contribution in [1.29, 1.82) is 0 Å². The Labute approximate surface area is 91.6 Å². The van der Waals surface area contributed by atoms with Gasteiger partial charge in [-0.05, 0) is 6.92 Å². The highest BCUT2D eigenvalue weighted by Gasteiger charge is 2.12. The molecule has 0 aromatic carbocycles. The molecular weight excluding hydrogens is 208 g/mol. The molecule has 1 amide bonds. The van der Waals surface area contributed by atoms with Crippen LogP contribution in [-0.2, 0) is 7.05 Å². The largest absolute Gasteiger partial charge is 0.394 e. The Morgan fingerprint density at radius 2 is 2.38 bits per heavy atom. The van der Waals surface area contributed by atoms with E-state index in [0.29, 0.717) is 17.1 Å². The van der Waals surface area contributed by atoms with Crippen LogP contribution in [0.4, 0.5) is 11.5 Å². The SMILES string of the molecule is Cc1[nH]nc(NC(=O)c2cnn(C)c2)c1N. The van der Waals surface area contributed by atoms with Gasteiger partial charge in [0.1, 0.15) is 0 Å². The summed E-state index contributed by atoms with van der Waals surface area (Å²) in [5.41, 5.74) is 7.33. The number of carbonyl (C=O) groups is 1. The minimum Gasteiger partial charge on any atom is -0.394 e. The number of nitrogen functional groups attached to an aromatic ring is 1. The van der Waals surface area contributed by atoms with E-state index in [9.17, 15) is 4.79 Å². The van der Waals surface area contributed by atoms with Crippen molar-refractivity contribution in [3.05, 3.63) is 23.7 Å². The summed E-state index contributed by atoms with van der Waals surface area (Å²) < 4.78 is 1.55. The Bertz CT molecular complexity index is 526. The highest BCUT2D eigenvalue weighted by molar-refractivity contribution is 6.04. The van der Waals surface area contributed by atoms with E-state index in [-0.39, 0.29) is 5.91 Å². The van der Waals surface area contributed by atoms with Crippen LogP contribution in [0.2, 0.25) is 0 Å². The van der Waals surface area contributed by atoms with Gasteiger partial charge in [0.15, 0.2) is 5.82 Å². The summed E-state index contributed by atoms with van der Waals surface area (Å²) >= 11 is 0. The fourth-order valence-corrected chi connectivity index (χ4v) is 1.25. The maximum Gasteiger partial charge on any atom is 0.260 e. The van der Waals surface area contributed by atoms with Crippen LogP contribution in [0.1, 0.15) is 16.1 Å². The number of anilines is 2. The summed E-state index contributed by atoms with van der Waals surface area (Å²) in [6, 6.07) is 0. The first-order valence-electron chi connectivity index (χ1n) is 4.68. The van der Waals surface area contributed by atoms with E-state index < -0.39 is 0 Å². The van der Waals surface area contributed by atoms with Crippen LogP contribution in [0.15, 0.2) is 12.4 Å². The van der Waals surface area contributed by atoms with Gasteiger partial charge < -0.3 is 11.1 Å². The third-order valence-electron chi connectivity index (χ3n) is 2.19. The molecule has 84 valence electrons. The maximum atomic E-state index is 11.7. The molecule has 0 atom stereocenters. The van der Waals surface area contributed by atoms with Gasteiger partial charge in [-0.25, -0.2) is 0 Å². The molecule has 2 aromatic rings. The molecule has 16 heavy (non-hydrogen) atoms. The number of hydrogen-bond donors (Lipinski definition) is 3. The number of nitrogens with two attached hydrogens (primary N) is 1. The Morgan fingerprint density at radius 3 is 2.88 bits per heavy atom. The Morgan fingerprint density at radius 1 is 1.62 bits per heavy atom. The van der Waals surface area contributed by atoms with Crippen LogP contribution < -0.4 is 11.1 Å². The van der Waals surface area contributed by atoms with Gasteiger partial charge in [-0.1, -0.05) is 0 Å². The lowest BCUT2D eigenvalue weighted by molar-refractivity contribution is 0.102. The number of aromatic amines is 1. The van der Waals surface area contributed by atoms with Crippen molar-refractivity contribution < 1.29 is 4.79 Å². The first-order valence-corrected chi connectivity index (χ1v) is 4.68.